The first-order valence-electron chi connectivity index (χ1n) is 10.1. The van der Waals surface area contributed by atoms with Crippen LogP contribution >= 0.6 is 11.3 Å². The number of nitrogens with zero attached hydrogens (tertiary/aromatic N) is 3. The van der Waals surface area contributed by atoms with Crippen LogP contribution in [0.4, 0.5) is 0 Å². The van der Waals surface area contributed by atoms with Gasteiger partial charge in [-0.15, -0.1) is 17.9 Å². The average molecular weight is 404 g/mol. The smallest absolute Gasteiger partial charge is 0.206 e. The van der Waals surface area contributed by atoms with E-state index in [1.165, 1.54) is 11.1 Å². The third-order valence-electron chi connectivity index (χ3n) is 4.68. The summed E-state index contributed by atoms with van der Waals surface area (Å²) in [5.41, 5.74) is 5.77. The standard InChI is InChI=1S/C25H29N3S/c1-5-17-26-25-28(27-20(4)12-11-19(2)3)24(18-29-25)23-15-13-22(14-16-23)21-9-7-6-8-10-21/h5-10,13-16,18-19H,1,11-12,17H2,2-4H3/b26-25?,27-20+. The molecule has 0 spiro atoms. The summed E-state index contributed by atoms with van der Waals surface area (Å²) in [6.45, 7) is 11.0. The Morgan fingerprint density at radius 3 is 2.34 bits per heavy atom. The van der Waals surface area contributed by atoms with Gasteiger partial charge in [0.05, 0.1) is 12.2 Å². The lowest BCUT2D eigenvalue weighted by atomic mass is 10.0. The third kappa shape index (κ3) is 5.64. The quantitative estimate of drug-likeness (QED) is 0.298. The second-order valence-electron chi connectivity index (χ2n) is 7.56. The van der Waals surface area contributed by atoms with Crippen LogP contribution in [0.15, 0.2) is 82.7 Å². The minimum Gasteiger partial charge on any atom is -0.253 e. The van der Waals surface area contributed by atoms with E-state index in [0.717, 1.165) is 34.6 Å². The molecule has 1 heterocycles. The topological polar surface area (TPSA) is 29.6 Å². The lowest BCUT2D eigenvalue weighted by molar-refractivity contribution is 0.601. The highest BCUT2D eigenvalue weighted by atomic mass is 32.1. The molecule has 0 N–H and O–H groups in total. The normalized spacial score (nSPS) is 12.6. The molecule has 150 valence electrons. The van der Waals surface area contributed by atoms with Gasteiger partial charge in [-0.3, -0.25) is 4.99 Å². The number of benzene rings is 2. The second-order valence-corrected chi connectivity index (χ2v) is 8.39. The Bertz CT molecular complexity index is 1020. The monoisotopic (exact) mass is 403 g/mol. The van der Waals surface area contributed by atoms with E-state index in [1.54, 1.807) is 11.3 Å². The van der Waals surface area contributed by atoms with Crippen LogP contribution in [0.3, 0.4) is 0 Å². The molecule has 2 aromatic carbocycles. The van der Waals surface area contributed by atoms with E-state index < -0.39 is 0 Å². The first-order valence-corrected chi connectivity index (χ1v) is 11.0. The number of rotatable bonds is 8. The Balaban J connectivity index is 1.97. The van der Waals surface area contributed by atoms with Crippen molar-refractivity contribution in [3.05, 3.63) is 77.4 Å². The molecule has 3 aromatic rings. The molecular formula is C25H29N3S. The zero-order valence-electron chi connectivity index (χ0n) is 17.5. The summed E-state index contributed by atoms with van der Waals surface area (Å²) < 4.78 is 1.99. The first kappa shape index (κ1) is 21.0. The summed E-state index contributed by atoms with van der Waals surface area (Å²) in [5, 5.41) is 7.05. The van der Waals surface area contributed by atoms with E-state index in [-0.39, 0.29) is 0 Å². The molecule has 0 aliphatic carbocycles. The molecule has 0 unspecified atom stereocenters. The van der Waals surface area contributed by atoms with Crippen molar-refractivity contribution in [2.75, 3.05) is 6.54 Å². The number of aromatic nitrogens is 1. The van der Waals surface area contributed by atoms with Gasteiger partial charge in [0.25, 0.3) is 0 Å². The Hall–Kier alpha value is -2.72. The lowest BCUT2D eigenvalue weighted by Crippen LogP contribution is -2.14. The average Bonchev–Trinajstić information content (AvgIpc) is 3.13. The minimum atomic E-state index is 0.591. The predicted octanol–water partition coefficient (Wildman–Crippen LogP) is 6.63. The van der Waals surface area contributed by atoms with Gasteiger partial charge >= 0.3 is 0 Å². The van der Waals surface area contributed by atoms with Crippen molar-refractivity contribution in [2.45, 2.75) is 33.6 Å². The minimum absolute atomic E-state index is 0.591. The van der Waals surface area contributed by atoms with Gasteiger partial charge in [-0.1, -0.05) is 74.5 Å². The lowest BCUT2D eigenvalue weighted by Gasteiger charge is -2.08. The van der Waals surface area contributed by atoms with E-state index in [0.29, 0.717) is 12.5 Å². The zero-order valence-corrected chi connectivity index (χ0v) is 18.3. The molecule has 0 bridgehead atoms. The maximum atomic E-state index is 4.92. The van der Waals surface area contributed by atoms with Crippen LogP contribution in [0.5, 0.6) is 0 Å². The number of hydrogen-bond donors (Lipinski definition) is 0. The van der Waals surface area contributed by atoms with Crippen molar-refractivity contribution in [1.82, 2.24) is 4.68 Å². The van der Waals surface area contributed by atoms with Crippen LogP contribution in [0.2, 0.25) is 0 Å². The van der Waals surface area contributed by atoms with Gasteiger partial charge in [0.1, 0.15) is 0 Å². The first-order chi connectivity index (χ1) is 14.1. The van der Waals surface area contributed by atoms with Crippen molar-refractivity contribution in [3.63, 3.8) is 0 Å². The van der Waals surface area contributed by atoms with Crippen molar-refractivity contribution in [1.29, 1.82) is 0 Å². The van der Waals surface area contributed by atoms with Gasteiger partial charge in [0.15, 0.2) is 0 Å². The SMILES string of the molecule is C=CCN=c1scc(-c2ccc(-c3ccccc3)cc2)n1/N=C(\C)CCC(C)C. The highest BCUT2D eigenvalue weighted by Gasteiger charge is 2.09. The summed E-state index contributed by atoms with van der Waals surface area (Å²) in [5.74, 6) is 0.669. The Kier molecular flexibility index (Phi) is 7.36. The summed E-state index contributed by atoms with van der Waals surface area (Å²) >= 11 is 1.62. The van der Waals surface area contributed by atoms with Gasteiger partial charge in [0.2, 0.25) is 4.80 Å². The van der Waals surface area contributed by atoms with Crippen molar-refractivity contribution >= 4 is 17.0 Å². The fourth-order valence-corrected chi connectivity index (χ4v) is 3.87. The molecule has 0 saturated heterocycles. The Morgan fingerprint density at radius 1 is 1.03 bits per heavy atom. The third-order valence-corrected chi connectivity index (χ3v) is 5.54. The number of thiazole rings is 1. The Morgan fingerprint density at radius 2 is 1.69 bits per heavy atom. The molecule has 3 nitrogen and oxygen atoms in total. The fraction of sp³-hybridized carbons (Fsp3) is 0.280. The molecule has 0 fully saturated rings. The summed E-state index contributed by atoms with van der Waals surface area (Å²) in [4.78, 5) is 5.54. The van der Waals surface area contributed by atoms with E-state index >= 15 is 0 Å². The van der Waals surface area contributed by atoms with Gasteiger partial charge in [-0.25, -0.2) is 4.68 Å². The number of hydrogen-bond acceptors (Lipinski definition) is 3. The highest BCUT2D eigenvalue weighted by Crippen LogP contribution is 2.25. The van der Waals surface area contributed by atoms with Crippen LogP contribution in [-0.2, 0) is 0 Å². The van der Waals surface area contributed by atoms with Gasteiger partial charge in [0, 0.05) is 16.7 Å². The molecule has 3 rings (SSSR count). The molecule has 0 saturated carbocycles. The molecule has 1 aromatic heterocycles. The van der Waals surface area contributed by atoms with Crippen LogP contribution in [0.1, 0.15) is 33.6 Å². The molecule has 0 aliphatic rings. The van der Waals surface area contributed by atoms with Crippen molar-refractivity contribution in [2.24, 2.45) is 16.0 Å². The van der Waals surface area contributed by atoms with Gasteiger partial charge in [-0.2, -0.15) is 5.10 Å². The fourth-order valence-electron chi connectivity index (χ4n) is 3.03. The molecule has 29 heavy (non-hydrogen) atoms. The van der Waals surface area contributed by atoms with Crippen LogP contribution in [-0.4, -0.2) is 16.9 Å². The molecule has 0 amide bonds. The summed E-state index contributed by atoms with van der Waals surface area (Å²) in [6, 6.07) is 19.1. The van der Waals surface area contributed by atoms with E-state index in [9.17, 15) is 0 Å². The molecule has 0 radical (unpaired) electrons. The molecule has 0 atom stereocenters. The van der Waals surface area contributed by atoms with Crippen molar-refractivity contribution < 1.29 is 0 Å². The summed E-state index contributed by atoms with van der Waals surface area (Å²) in [6.07, 6.45) is 3.95. The summed E-state index contributed by atoms with van der Waals surface area (Å²) in [7, 11) is 0. The largest absolute Gasteiger partial charge is 0.253 e. The maximum Gasteiger partial charge on any atom is 0.206 e. The molecule has 0 aliphatic heterocycles. The Labute approximate surface area is 177 Å². The second kappa shape index (κ2) is 10.2. The van der Waals surface area contributed by atoms with E-state index in [1.807, 2.05) is 16.8 Å². The molecular weight excluding hydrogens is 374 g/mol. The van der Waals surface area contributed by atoms with E-state index in [2.05, 4.69) is 86.3 Å². The maximum absolute atomic E-state index is 4.92. The molecule has 4 heteroatoms. The van der Waals surface area contributed by atoms with Gasteiger partial charge < -0.3 is 0 Å². The van der Waals surface area contributed by atoms with Gasteiger partial charge in [-0.05, 0) is 36.8 Å². The predicted molar refractivity (Wildman–Crippen MR) is 126 cm³/mol. The highest BCUT2D eigenvalue weighted by molar-refractivity contribution is 7.07. The van der Waals surface area contributed by atoms with Crippen LogP contribution in [0.25, 0.3) is 22.4 Å². The van der Waals surface area contributed by atoms with E-state index in [4.69, 9.17) is 5.10 Å². The zero-order chi connectivity index (χ0) is 20.6. The van der Waals surface area contributed by atoms with Crippen LogP contribution < -0.4 is 4.80 Å². The van der Waals surface area contributed by atoms with Crippen LogP contribution in [0, 0.1) is 5.92 Å². The van der Waals surface area contributed by atoms with Crippen molar-refractivity contribution in [3.8, 4) is 22.4 Å².